The van der Waals surface area contributed by atoms with Gasteiger partial charge in [-0.15, -0.1) is 5.10 Å². The first-order valence-corrected chi connectivity index (χ1v) is 6.04. The lowest BCUT2D eigenvalue weighted by Gasteiger charge is -2.11. The minimum atomic E-state index is 0.109. The van der Waals surface area contributed by atoms with Crippen molar-refractivity contribution in [2.24, 2.45) is 5.73 Å². The number of para-hydroxylation sites is 2. The van der Waals surface area contributed by atoms with E-state index in [2.05, 4.69) is 10.3 Å². The predicted octanol–water partition coefficient (Wildman–Crippen LogP) is 0.848. The van der Waals surface area contributed by atoms with Gasteiger partial charge in [-0.2, -0.15) is 5.26 Å². The molecule has 2 aromatic rings. The summed E-state index contributed by atoms with van der Waals surface area (Å²) in [6, 6.07) is 9.35. The Labute approximate surface area is 116 Å². The van der Waals surface area contributed by atoms with Crippen molar-refractivity contribution in [1.82, 2.24) is 15.0 Å². The van der Waals surface area contributed by atoms with Crippen LogP contribution in [0.5, 0.6) is 11.5 Å². The zero-order valence-corrected chi connectivity index (χ0v) is 11.1. The van der Waals surface area contributed by atoms with E-state index in [0.717, 1.165) is 0 Å². The van der Waals surface area contributed by atoms with Gasteiger partial charge in [-0.25, -0.2) is 4.68 Å². The highest BCUT2D eigenvalue weighted by Gasteiger charge is 2.13. The molecule has 0 atom stereocenters. The van der Waals surface area contributed by atoms with Gasteiger partial charge >= 0.3 is 0 Å². The van der Waals surface area contributed by atoms with Gasteiger partial charge in [0.1, 0.15) is 24.5 Å². The molecule has 7 heteroatoms. The molecule has 0 bridgehead atoms. The molecule has 1 heterocycles. The van der Waals surface area contributed by atoms with Gasteiger partial charge < -0.3 is 15.2 Å². The Kier molecular flexibility index (Phi) is 4.52. The number of aromatic nitrogens is 3. The number of nitrogens with zero attached hydrogens (tertiary/aromatic N) is 4. The summed E-state index contributed by atoms with van der Waals surface area (Å²) in [5.74, 6) is 1.25. The third kappa shape index (κ3) is 2.87. The second-order valence-electron chi connectivity index (χ2n) is 3.94. The molecule has 0 unspecified atom stereocenters. The molecule has 0 aliphatic carbocycles. The molecule has 2 N–H and O–H groups in total. The van der Waals surface area contributed by atoms with E-state index in [9.17, 15) is 0 Å². The Morgan fingerprint density at radius 3 is 2.75 bits per heavy atom. The van der Waals surface area contributed by atoms with Crippen LogP contribution in [0.4, 0.5) is 0 Å². The molecule has 1 aromatic carbocycles. The van der Waals surface area contributed by atoms with Crippen molar-refractivity contribution in [3.63, 3.8) is 0 Å². The van der Waals surface area contributed by atoms with E-state index in [1.165, 1.54) is 4.68 Å². The zero-order chi connectivity index (χ0) is 14.4. The topological polar surface area (TPSA) is 99.0 Å². The Bertz CT molecular complexity index is 617. The van der Waals surface area contributed by atoms with Crippen LogP contribution >= 0.6 is 0 Å². The molecule has 0 radical (unpaired) electrons. The van der Waals surface area contributed by atoms with Crippen molar-refractivity contribution in [2.75, 3.05) is 7.11 Å². The Morgan fingerprint density at radius 2 is 2.10 bits per heavy atom. The van der Waals surface area contributed by atoms with Gasteiger partial charge in [0.05, 0.1) is 13.2 Å². The molecule has 0 aliphatic heterocycles. The molecule has 104 valence electrons. The number of hydrogen-bond acceptors (Lipinski definition) is 6. The number of nitriles is 1. The van der Waals surface area contributed by atoms with Gasteiger partial charge in [-0.3, -0.25) is 0 Å². The molecule has 20 heavy (non-hydrogen) atoms. The predicted molar refractivity (Wildman–Crippen MR) is 70.9 cm³/mol. The van der Waals surface area contributed by atoms with E-state index in [1.807, 2.05) is 24.3 Å². The lowest BCUT2D eigenvalue weighted by atomic mass is 10.3. The first-order valence-electron chi connectivity index (χ1n) is 6.04. The lowest BCUT2D eigenvalue weighted by Crippen LogP contribution is -2.10. The Morgan fingerprint density at radius 1 is 1.35 bits per heavy atom. The van der Waals surface area contributed by atoms with Gasteiger partial charge in [-0.1, -0.05) is 17.3 Å². The normalized spacial score (nSPS) is 10.1. The molecular weight excluding hydrogens is 258 g/mol. The molecular formula is C13H15N5O2. The van der Waals surface area contributed by atoms with Crippen LogP contribution < -0.4 is 15.2 Å². The summed E-state index contributed by atoms with van der Waals surface area (Å²) in [5.41, 5.74) is 6.92. The largest absolute Gasteiger partial charge is 0.493 e. The van der Waals surface area contributed by atoms with E-state index in [-0.39, 0.29) is 19.7 Å². The number of ether oxygens (including phenoxy) is 2. The second kappa shape index (κ2) is 6.54. The molecule has 0 aliphatic rings. The minimum absolute atomic E-state index is 0.109. The number of methoxy groups -OCH3 is 1. The molecule has 0 saturated heterocycles. The summed E-state index contributed by atoms with van der Waals surface area (Å²) in [6.45, 7) is 0.579. The van der Waals surface area contributed by atoms with Crippen molar-refractivity contribution in [2.45, 2.75) is 19.7 Å². The summed E-state index contributed by atoms with van der Waals surface area (Å²) in [6.07, 6.45) is 0. The van der Waals surface area contributed by atoms with Crippen molar-refractivity contribution >= 4 is 0 Å². The quantitative estimate of drug-likeness (QED) is 0.837. The van der Waals surface area contributed by atoms with E-state index < -0.39 is 0 Å². The van der Waals surface area contributed by atoms with Gasteiger partial charge in [0.2, 0.25) is 0 Å². The summed E-state index contributed by atoms with van der Waals surface area (Å²) in [5, 5.41) is 16.6. The van der Waals surface area contributed by atoms with Gasteiger partial charge in [0.25, 0.3) is 0 Å². The standard InChI is InChI=1S/C13H15N5O2/c1-19-12-4-2-3-5-13(12)20-9-11-10(8-15)16-17-18(11)7-6-14/h2-5H,7-9,15H2,1H3. The van der Waals surface area contributed by atoms with Crippen LogP contribution in [0.2, 0.25) is 0 Å². The molecule has 0 spiro atoms. The molecule has 1 aromatic heterocycles. The fraction of sp³-hybridized carbons (Fsp3) is 0.308. The molecule has 0 fully saturated rings. The van der Waals surface area contributed by atoms with Gasteiger partial charge in [0.15, 0.2) is 11.5 Å². The van der Waals surface area contributed by atoms with Crippen LogP contribution in [0.25, 0.3) is 0 Å². The number of benzene rings is 1. The minimum Gasteiger partial charge on any atom is -0.493 e. The molecule has 0 amide bonds. The van der Waals surface area contributed by atoms with E-state index >= 15 is 0 Å². The van der Waals surface area contributed by atoms with Crippen molar-refractivity contribution < 1.29 is 9.47 Å². The lowest BCUT2D eigenvalue weighted by molar-refractivity contribution is 0.274. The number of hydrogen-bond donors (Lipinski definition) is 1. The van der Waals surface area contributed by atoms with E-state index in [4.69, 9.17) is 20.5 Å². The van der Waals surface area contributed by atoms with E-state index in [0.29, 0.717) is 22.9 Å². The zero-order valence-electron chi connectivity index (χ0n) is 11.1. The average Bonchev–Trinajstić information content (AvgIpc) is 2.88. The van der Waals surface area contributed by atoms with Crippen LogP contribution in [0.1, 0.15) is 11.4 Å². The van der Waals surface area contributed by atoms with E-state index in [1.54, 1.807) is 13.2 Å². The highest BCUT2D eigenvalue weighted by atomic mass is 16.5. The highest BCUT2D eigenvalue weighted by Crippen LogP contribution is 2.26. The Hall–Kier alpha value is -2.59. The van der Waals surface area contributed by atoms with Crippen molar-refractivity contribution in [1.29, 1.82) is 5.26 Å². The third-order valence-electron chi connectivity index (χ3n) is 2.77. The molecule has 0 saturated carbocycles. The summed E-state index contributed by atoms with van der Waals surface area (Å²) >= 11 is 0. The summed E-state index contributed by atoms with van der Waals surface area (Å²) in [7, 11) is 1.58. The van der Waals surface area contributed by atoms with Crippen LogP contribution in [-0.2, 0) is 19.7 Å². The average molecular weight is 273 g/mol. The number of rotatable bonds is 6. The Balaban J connectivity index is 2.18. The van der Waals surface area contributed by atoms with Gasteiger partial charge in [-0.05, 0) is 12.1 Å². The van der Waals surface area contributed by atoms with Crippen molar-refractivity contribution in [3.8, 4) is 17.6 Å². The fourth-order valence-electron chi connectivity index (χ4n) is 1.76. The maximum atomic E-state index is 8.76. The van der Waals surface area contributed by atoms with Crippen LogP contribution in [0, 0.1) is 11.3 Å². The highest BCUT2D eigenvalue weighted by molar-refractivity contribution is 5.39. The first kappa shape index (κ1) is 13.8. The number of nitrogens with two attached hydrogens (primary N) is 1. The fourth-order valence-corrected chi connectivity index (χ4v) is 1.76. The van der Waals surface area contributed by atoms with Crippen molar-refractivity contribution in [3.05, 3.63) is 35.7 Å². The van der Waals surface area contributed by atoms with Crippen LogP contribution in [-0.4, -0.2) is 22.1 Å². The van der Waals surface area contributed by atoms with Crippen LogP contribution in [0.15, 0.2) is 24.3 Å². The summed E-state index contributed by atoms with van der Waals surface area (Å²) in [4.78, 5) is 0. The smallest absolute Gasteiger partial charge is 0.161 e. The maximum absolute atomic E-state index is 8.76. The SMILES string of the molecule is COc1ccccc1OCc1c(CN)nnn1CC#N. The second-order valence-corrected chi connectivity index (χ2v) is 3.94. The third-order valence-corrected chi connectivity index (χ3v) is 2.77. The molecule has 7 nitrogen and oxygen atoms in total. The first-order chi connectivity index (χ1) is 9.80. The monoisotopic (exact) mass is 273 g/mol. The summed E-state index contributed by atoms with van der Waals surface area (Å²) < 4.78 is 12.4. The van der Waals surface area contributed by atoms with Gasteiger partial charge in [0, 0.05) is 6.54 Å². The van der Waals surface area contributed by atoms with Crippen LogP contribution in [0.3, 0.4) is 0 Å². The molecule has 2 rings (SSSR count). The maximum Gasteiger partial charge on any atom is 0.161 e.